The van der Waals surface area contributed by atoms with Gasteiger partial charge in [0.05, 0.1) is 4.92 Å². The summed E-state index contributed by atoms with van der Waals surface area (Å²) < 4.78 is 0. The molecule has 2 aromatic carbocycles. The van der Waals surface area contributed by atoms with Gasteiger partial charge in [0.15, 0.2) is 0 Å². The van der Waals surface area contributed by atoms with Crippen LogP contribution in [0.3, 0.4) is 0 Å². The second-order valence-corrected chi connectivity index (χ2v) is 6.88. The van der Waals surface area contributed by atoms with Crippen LogP contribution in [0, 0.1) is 10.1 Å². The highest BCUT2D eigenvalue weighted by Gasteiger charge is 2.22. The number of nitrogens with two attached hydrogens (primary N) is 1. The van der Waals surface area contributed by atoms with Gasteiger partial charge in [-0.25, -0.2) is 0 Å². The number of benzene rings is 2. The molecule has 0 atom stereocenters. The Bertz CT molecular complexity index is 824. The second-order valence-electron chi connectivity index (χ2n) is 6.48. The first kappa shape index (κ1) is 19.7. The van der Waals surface area contributed by atoms with Crippen molar-refractivity contribution >= 4 is 28.9 Å². The van der Waals surface area contributed by atoms with Crippen molar-refractivity contribution in [3.63, 3.8) is 0 Å². The summed E-state index contributed by atoms with van der Waals surface area (Å²) in [6.45, 7) is 4.13. The third-order valence-corrected chi connectivity index (χ3v) is 4.21. The van der Waals surface area contributed by atoms with Gasteiger partial charge in [-0.2, -0.15) is 0 Å². The molecule has 4 N–H and O–H groups in total. The molecule has 0 unspecified atom stereocenters. The lowest BCUT2D eigenvalue weighted by Crippen LogP contribution is -2.48. The van der Waals surface area contributed by atoms with Gasteiger partial charge in [-0.1, -0.05) is 29.8 Å². The van der Waals surface area contributed by atoms with E-state index in [4.69, 9.17) is 17.3 Å². The van der Waals surface area contributed by atoms with Crippen LogP contribution >= 0.6 is 11.6 Å². The lowest BCUT2D eigenvalue weighted by Gasteiger charge is -2.24. The highest BCUT2D eigenvalue weighted by molar-refractivity contribution is 6.31. The maximum atomic E-state index is 12.3. The number of carbonyl (C=O) groups is 1. The summed E-state index contributed by atoms with van der Waals surface area (Å²) in [6, 6.07) is 11.5. The number of carbonyl (C=O) groups excluding carboxylic acids is 1. The molecule has 0 aliphatic rings. The fraction of sp³-hybridized carbons (Fsp3) is 0.278. The molecule has 2 rings (SSSR count). The molecule has 0 saturated heterocycles. The predicted molar refractivity (Wildman–Crippen MR) is 102 cm³/mol. The number of nitrogens with one attached hydrogen (secondary N) is 2. The number of rotatable bonds is 7. The summed E-state index contributed by atoms with van der Waals surface area (Å²) in [5, 5.41) is 17.7. The van der Waals surface area contributed by atoms with Crippen LogP contribution in [0.15, 0.2) is 42.5 Å². The lowest BCUT2D eigenvalue weighted by molar-refractivity contribution is -0.384. The SMILES string of the molecule is CC(C)(CN)NC(=O)c1ccc(NCc2ccccc2Cl)c([N+](=O)[O-])c1. The van der Waals surface area contributed by atoms with E-state index in [9.17, 15) is 14.9 Å². The van der Waals surface area contributed by atoms with Gasteiger partial charge in [-0.15, -0.1) is 0 Å². The average molecular weight is 377 g/mol. The normalized spacial score (nSPS) is 11.1. The van der Waals surface area contributed by atoms with Crippen molar-refractivity contribution < 1.29 is 9.72 Å². The molecule has 0 heterocycles. The lowest BCUT2D eigenvalue weighted by atomic mass is 10.0. The zero-order chi connectivity index (χ0) is 19.3. The molecule has 0 spiro atoms. The Balaban J connectivity index is 2.22. The summed E-state index contributed by atoms with van der Waals surface area (Å²) in [5.74, 6) is -0.416. The molecule has 0 aliphatic heterocycles. The van der Waals surface area contributed by atoms with Crippen molar-refractivity contribution in [3.8, 4) is 0 Å². The van der Waals surface area contributed by atoms with E-state index in [0.29, 0.717) is 17.3 Å². The van der Waals surface area contributed by atoms with E-state index in [1.807, 2.05) is 18.2 Å². The van der Waals surface area contributed by atoms with Gasteiger partial charge in [0.25, 0.3) is 11.6 Å². The molecular weight excluding hydrogens is 356 g/mol. The van der Waals surface area contributed by atoms with E-state index in [2.05, 4.69) is 10.6 Å². The van der Waals surface area contributed by atoms with Crippen LogP contribution in [0.5, 0.6) is 0 Å². The zero-order valence-corrected chi connectivity index (χ0v) is 15.3. The Labute approximate surface area is 156 Å². The fourth-order valence-corrected chi connectivity index (χ4v) is 2.44. The van der Waals surface area contributed by atoms with E-state index in [1.54, 1.807) is 19.9 Å². The Morgan fingerprint density at radius 2 is 1.96 bits per heavy atom. The largest absolute Gasteiger partial charge is 0.375 e. The van der Waals surface area contributed by atoms with Crippen LogP contribution in [0.1, 0.15) is 29.8 Å². The highest BCUT2D eigenvalue weighted by atomic mass is 35.5. The first-order valence-corrected chi connectivity index (χ1v) is 8.39. The summed E-state index contributed by atoms with van der Waals surface area (Å²) in [7, 11) is 0. The molecule has 0 bridgehead atoms. The Morgan fingerprint density at radius 1 is 1.27 bits per heavy atom. The first-order valence-electron chi connectivity index (χ1n) is 8.02. The number of nitrogens with zero attached hydrogens (tertiary/aromatic N) is 1. The minimum atomic E-state index is -0.604. The number of nitro groups is 1. The Hall–Kier alpha value is -2.64. The van der Waals surface area contributed by atoms with Crippen molar-refractivity contribution in [1.82, 2.24) is 5.32 Å². The van der Waals surface area contributed by atoms with Gasteiger partial charge in [0.2, 0.25) is 0 Å². The molecule has 8 heteroatoms. The standard InChI is InChI=1S/C18H21ClN4O3/c1-18(2,11-20)22-17(24)12-7-8-15(16(9-12)23(25)26)21-10-13-5-3-4-6-14(13)19/h3-9,21H,10-11,20H2,1-2H3,(H,22,24). The summed E-state index contributed by atoms with van der Waals surface area (Å²) >= 11 is 6.10. The maximum Gasteiger partial charge on any atom is 0.293 e. The highest BCUT2D eigenvalue weighted by Crippen LogP contribution is 2.27. The predicted octanol–water partition coefficient (Wildman–Crippen LogP) is 3.33. The van der Waals surface area contributed by atoms with Crippen LogP contribution in [-0.4, -0.2) is 22.9 Å². The second kappa shape index (κ2) is 8.16. The van der Waals surface area contributed by atoms with Gasteiger partial charge in [-0.05, 0) is 37.6 Å². The number of hydrogen-bond donors (Lipinski definition) is 3. The molecular formula is C18H21ClN4O3. The van der Waals surface area contributed by atoms with Crippen molar-refractivity contribution in [2.75, 3.05) is 11.9 Å². The van der Waals surface area contributed by atoms with Crippen molar-refractivity contribution in [1.29, 1.82) is 0 Å². The maximum absolute atomic E-state index is 12.3. The third-order valence-electron chi connectivity index (χ3n) is 3.85. The monoisotopic (exact) mass is 376 g/mol. The van der Waals surface area contributed by atoms with Gasteiger partial charge < -0.3 is 16.4 Å². The van der Waals surface area contributed by atoms with Crippen LogP contribution in [0.4, 0.5) is 11.4 Å². The minimum Gasteiger partial charge on any atom is -0.375 e. The molecule has 1 amide bonds. The number of hydrogen-bond acceptors (Lipinski definition) is 5. The smallest absolute Gasteiger partial charge is 0.293 e. The number of halogens is 1. The number of nitro benzene ring substituents is 1. The van der Waals surface area contributed by atoms with E-state index in [0.717, 1.165) is 5.56 Å². The molecule has 0 aromatic heterocycles. The average Bonchev–Trinajstić information content (AvgIpc) is 2.60. The molecule has 0 radical (unpaired) electrons. The van der Waals surface area contributed by atoms with E-state index in [-0.39, 0.29) is 17.8 Å². The zero-order valence-electron chi connectivity index (χ0n) is 14.6. The third kappa shape index (κ3) is 4.93. The van der Waals surface area contributed by atoms with Crippen molar-refractivity contribution in [2.24, 2.45) is 5.73 Å². The summed E-state index contributed by atoms with van der Waals surface area (Å²) in [5.41, 5.74) is 6.13. The Kier molecular flexibility index (Phi) is 6.18. The van der Waals surface area contributed by atoms with Crippen LogP contribution in [0.25, 0.3) is 0 Å². The van der Waals surface area contributed by atoms with Gasteiger partial charge in [0, 0.05) is 35.3 Å². The van der Waals surface area contributed by atoms with E-state index < -0.39 is 16.4 Å². The van der Waals surface area contributed by atoms with Crippen LogP contribution in [0.2, 0.25) is 5.02 Å². The van der Waals surface area contributed by atoms with Crippen molar-refractivity contribution in [2.45, 2.75) is 25.9 Å². The Morgan fingerprint density at radius 3 is 2.58 bits per heavy atom. The minimum absolute atomic E-state index is 0.185. The molecule has 7 nitrogen and oxygen atoms in total. The van der Waals surface area contributed by atoms with Gasteiger partial charge in [0.1, 0.15) is 5.69 Å². The van der Waals surface area contributed by atoms with E-state index >= 15 is 0 Å². The van der Waals surface area contributed by atoms with Gasteiger partial charge in [-0.3, -0.25) is 14.9 Å². The first-order chi connectivity index (χ1) is 12.2. The molecule has 2 aromatic rings. The number of amides is 1. The molecule has 0 aliphatic carbocycles. The van der Waals surface area contributed by atoms with Crippen molar-refractivity contribution in [3.05, 3.63) is 68.7 Å². The molecule has 26 heavy (non-hydrogen) atoms. The topological polar surface area (TPSA) is 110 Å². The quantitative estimate of drug-likeness (QED) is 0.507. The van der Waals surface area contributed by atoms with Crippen LogP contribution < -0.4 is 16.4 Å². The van der Waals surface area contributed by atoms with Gasteiger partial charge >= 0.3 is 0 Å². The molecule has 0 saturated carbocycles. The fourth-order valence-electron chi connectivity index (χ4n) is 2.24. The molecule has 0 fully saturated rings. The summed E-state index contributed by atoms with van der Waals surface area (Å²) in [4.78, 5) is 23.2. The number of anilines is 1. The summed E-state index contributed by atoms with van der Waals surface area (Å²) in [6.07, 6.45) is 0. The molecule has 138 valence electrons. The van der Waals surface area contributed by atoms with E-state index in [1.165, 1.54) is 18.2 Å². The van der Waals surface area contributed by atoms with Crippen LogP contribution in [-0.2, 0) is 6.54 Å².